The highest BCUT2D eigenvalue weighted by molar-refractivity contribution is 5.22. The molecule has 0 saturated carbocycles. The van der Waals surface area contributed by atoms with Crippen LogP contribution >= 0.6 is 0 Å². The molecule has 84 valence electrons. The molecule has 0 atom stereocenters. The van der Waals surface area contributed by atoms with Gasteiger partial charge in [-0.05, 0) is 39.3 Å². The highest BCUT2D eigenvalue weighted by Crippen LogP contribution is 2.05. The van der Waals surface area contributed by atoms with Gasteiger partial charge in [0.05, 0.1) is 6.61 Å². The lowest BCUT2D eigenvalue weighted by molar-refractivity contribution is 0.189. The molecule has 0 spiro atoms. The molecule has 2 nitrogen and oxygen atoms in total. The van der Waals surface area contributed by atoms with Gasteiger partial charge in [-0.1, -0.05) is 29.8 Å². The summed E-state index contributed by atoms with van der Waals surface area (Å²) in [6.45, 7) is 7.18. The van der Waals surface area contributed by atoms with Crippen molar-refractivity contribution in [2.24, 2.45) is 0 Å². The quantitative estimate of drug-likeness (QED) is 0.773. The fraction of sp³-hybridized carbons (Fsp3) is 0.538. The van der Waals surface area contributed by atoms with Crippen LogP contribution in [0.1, 0.15) is 25.0 Å². The molecule has 0 aliphatic carbocycles. The molecule has 1 aromatic carbocycles. The van der Waals surface area contributed by atoms with Crippen LogP contribution in [0.25, 0.3) is 0 Å². The zero-order valence-corrected chi connectivity index (χ0v) is 9.88. The predicted octanol–water partition coefficient (Wildman–Crippen LogP) is 1.90. The Kier molecular flexibility index (Phi) is 4.30. The highest BCUT2D eigenvalue weighted by Gasteiger charge is 2.13. The second-order valence-electron chi connectivity index (χ2n) is 4.71. The predicted molar refractivity (Wildman–Crippen MR) is 64.1 cm³/mol. The minimum Gasteiger partial charge on any atom is -0.394 e. The maximum absolute atomic E-state index is 9.07. The second kappa shape index (κ2) is 5.29. The van der Waals surface area contributed by atoms with Crippen LogP contribution in [0.3, 0.4) is 0 Å². The van der Waals surface area contributed by atoms with Crippen molar-refractivity contribution in [1.29, 1.82) is 0 Å². The van der Waals surface area contributed by atoms with Gasteiger partial charge in [0.15, 0.2) is 0 Å². The zero-order valence-electron chi connectivity index (χ0n) is 9.88. The van der Waals surface area contributed by atoms with E-state index >= 15 is 0 Å². The van der Waals surface area contributed by atoms with E-state index < -0.39 is 0 Å². The van der Waals surface area contributed by atoms with Crippen molar-refractivity contribution in [2.75, 3.05) is 13.2 Å². The van der Waals surface area contributed by atoms with Gasteiger partial charge in [-0.15, -0.1) is 0 Å². The Bertz CT molecular complexity index is 307. The highest BCUT2D eigenvalue weighted by atomic mass is 16.3. The Balaban J connectivity index is 2.38. The van der Waals surface area contributed by atoms with Crippen molar-refractivity contribution in [2.45, 2.75) is 32.7 Å². The largest absolute Gasteiger partial charge is 0.394 e. The first-order valence-corrected chi connectivity index (χ1v) is 5.45. The molecular formula is C13H21NO. The van der Waals surface area contributed by atoms with Gasteiger partial charge in [-0.3, -0.25) is 0 Å². The van der Waals surface area contributed by atoms with Crippen LogP contribution in [0.15, 0.2) is 24.3 Å². The van der Waals surface area contributed by atoms with Crippen molar-refractivity contribution in [3.05, 3.63) is 35.4 Å². The van der Waals surface area contributed by atoms with E-state index in [-0.39, 0.29) is 12.1 Å². The summed E-state index contributed by atoms with van der Waals surface area (Å²) in [6.07, 6.45) is 1.01. The van der Waals surface area contributed by atoms with Gasteiger partial charge in [-0.25, -0.2) is 0 Å². The summed E-state index contributed by atoms with van der Waals surface area (Å²) in [4.78, 5) is 0. The molecular weight excluding hydrogens is 186 g/mol. The van der Waals surface area contributed by atoms with Crippen LogP contribution in [0.4, 0.5) is 0 Å². The van der Waals surface area contributed by atoms with Crippen molar-refractivity contribution in [3.8, 4) is 0 Å². The van der Waals surface area contributed by atoms with E-state index in [9.17, 15) is 0 Å². The minimum atomic E-state index is -0.177. The molecule has 0 fully saturated rings. The van der Waals surface area contributed by atoms with Crippen molar-refractivity contribution < 1.29 is 5.11 Å². The zero-order chi connectivity index (χ0) is 11.3. The summed E-state index contributed by atoms with van der Waals surface area (Å²) < 4.78 is 0. The average Bonchev–Trinajstić information content (AvgIpc) is 2.18. The van der Waals surface area contributed by atoms with E-state index in [1.807, 2.05) is 13.8 Å². The van der Waals surface area contributed by atoms with E-state index in [0.717, 1.165) is 13.0 Å². The molecule has 0 amide bonds. The number of aryl methyl sites for hydroxylation is 1. The lowest BCUT2D eigenvalue weighted by Gasteiger charge is -2.23. The Hall–Kier alpha value is -0.860. The fourth-order valence-electron chi connectivity index (χ4n) is 1.47. The maximum Gasteiger partial charge on any atom is 0.0607 e. The summed E-state index contributed by atoms with van der Waals surface area (Å²) in [6, 6.07) is 8.53. The summed E-state index contributed by atoms with van der Waals surface area (Å²) >= 11 is 0. The molecule has 0 heterocycles. The first kappa shape index (κ1) is 12.2. The molecule has 0 aliphatic heterocycles. The van der Waals surface area contributed by atoms with Crippen molar-refractivity contribution >= 4 is 0 Å². The van der Waals surface area contributed by atoms with E-state index in [1.54, 1.807) is 0 Å². The molecule has 2 N–H and O–H groups in total. The van der Waals surface area contributed by atoms with Crippen LogP contribution < -0.4 is 5.32 Å². The van der Waals surface area contributed by atoms with E-state index in [0.29, 0.717) is 0 Å². The summed E-state index contributed by atoms with van der Waals surface area (Å²) in [5.41, 5.74) is 2.47. The fourth-order valence-corrected chi connectivity index (χ4v) is 1.47. The Labute approximate surface area is 92.3 Å². The first-order valence-electron chi connectivity index (χ1n) is 5.45. The standard InChI is InChI=1S/C13H21NO/c1-11-5-4-6-12(9-11)7-8-14-13(2,3)10-15/h4-6,9,14-15H,7-8,10H2,1-3H3. The number of hydrogen-bond donors (Lipinski definition) is 2. The smallest absolute Gasteiger partial charge is 0.0607 e. The van der Waals surface area contributed by atoms with E-state index in [1.165, 1.54) is 11.1 Å². The Morgan fingerprint density at radius 1 is 1.33 bits per heavy atom. The SMILES string of the molecule is Cc1cccc(CCNC(C)(C)CO)c1. The number of rotatable bonds is 5. The minimum absolute atomic E-state index is 0.167. The summed E-state index contributed by atoms with van der Waals surface area (Å²) in [7, 11) is 0. The third-order valence-corrected chi connectivity index (χ3v) is 2.49. The molecule has 0 radical (unpaired) electrons. The molecule has 0 bridgehead atoms. The average molecular weight is 207 g/mol. The number of aliphatic hydroxyl groups excluding tert-OH is 1. The van der Waals surface area contributed by atoms with Gasteiger partial charge >= 0.3 is 0 Å². The summed E-state index contributed by atoms with van der Waals surface area (Å²) in [5.74, 6) is 0. The van der Waals surface area contributed by atoms with Gasteiger partial charge in [0.2, 0.25) is 0 Å². The van der Waals surface area contributed by atoms with Crippen LogP contribution in [0.5, 0.6) is 0 Å². The van der Waals surface area contributed by atoms with Gasteiger partial charge in [0.1, 0.15) is 0 Å². The molecule has 1 aromatic rings. The second-order valence-corrected chi connectivity index (χ2v) is 4.71. The van der Waals surface area contributed by atoms with Gasteiger partial charge < -0.3 is 10.4 Å². The molecule has 0 unspecified atom stereocenters. The molecule has 15 heavy (non-hydrogen) atoms. The molecule has 0 aromatic heterocycles. The molecule has 1 rings (SSSR count). The van der Waals surface area contributed by atoms with Crippen molar-refractivity contribution in [3.63, 3.8) is 0 Å². The van der Waals surface area contributed by atoms with E-state index in [2.05, 4.69) is 36.5 Å². The molecule has 2 heteroatoms. The maximum atomic E-state index is 9.07. The number of benzene rings is 1. The lowest BCUT2D eigenvalue weighted by atomic mass is 10.1. The topological polar surface area (TPSA) is 32.3 Å². The number of aliphatic hydroxyl groups is 1. The monoisotopic (exact) mass is 207 g/mol. The van der Waals surface area contributed by atoms with Gasteiger partial charge in [0, 0.05) is 5.54 Å². The van der Waals surface area contributed by atoms with E-state index in [4.69, 9.17) is 5.11 Å². The normalized spacial score (nSPS) is 11.7. The third kappa shape index (κ3) is 4.45. The van der Waals surface area contributed by atoms with Crippen molar-refractivity contribution in [1.82, 2.24) is 5.32 Å². The number of nitrogens with one attached hydrogen (secondary N) is 1. The Morgan fingerprint density at radius 3 is 2.67 bits per heavy atom. The first-order chi connectivity index (χ1) is 7.03. The van der Waals surface area contributed by atoms with Gasteiger partial charge in [0.25, 0.3) is 0 Å². The molecule has 0 aliphatic rings. The third-order valence-electron chi connectivity index (χ3n) is 2.49. The van der Waals surface area contributed by atoms with Crippen LogP contribution in [0.2, 0.25) is 0 Å². The van der Waals surface area contributed by atoms with Crippen LogP contribution in [-0.4, -0.2) is 23.8 Å². The van der Waals surface area contributed by atoms with Crippen LogP contribution in [0, 0.1) is 6.92 Å². The molecule has 0 saturated heterocycles. The van der Waals surface area contributed by atoms with Gasteiger partial charge in [-0.2, -0.15) is 0 Å². The lowest BCUT2D eigenvalue weighted by Crippen LogP contribution is -2.43. The van der Waals surface area contributed by atoms with Crippen LogP contribution in [-0.2, 0) is 6.42 Å². The summed E-state index contributed by atoms with van der Waals surface area (Å²) in [5, 5.41) is 12.4. The Morgan fingerprint density at radius 2 is 2.07 bits per heavy atom. The number of hydrogen-bond acceptors (Lipinski definition) is 2.